The highest BCUT2D eigenvalue weighted by Gasteiger charge is 1.94. The van der Waals surface area contributed by atoms with Crippen molar-refractivity contribution in [2.45, 2.75) is 19.8 Å². The molecule has 0 unspecified atom stereocenters. The number of rotatable bonds is 4. The van der Waals surface area contributed by atoms with E-state index >= 15 is 0 Å². The largest absolute Gasteiger partial charge is 0.0724 e. The van der Waals surface area contributed by atoms with Crippen molar-refractivity contribution in [1.29, 1.82) is 0 Å². The molecule has 0 saturated carbocycles. The molecule has 0 aliphatic carbocycles. The lowest BCUT2D eigenvalue weighted by Gasteiger charge is -2.02. The molecule has 17 heavy (non-hydrogen) atoms. The first kappa shape index (κ1) is 11.7. The predicted octanol–water partition coefficient (Wildman–Crippen LogP) is 4.72. The molecule has 0 N–H and O–H groups in total. The first-order chi connectivity index (χ1) is 8.34. The van der Waals surface area contributed by atoms with E-state index in [0.29, 0.717) is 0 Å². The monoisotopic (exact) mass is 222 g/mol. The highest BCUT2D eigenvalue weighted by Crippen LogP contribution is 2.12. The molecule has 0 fully saturated rings. The van der Waals surface area contributed by atoms with Gasteiger partial charge in [0.25, 0.3) is 0 Å². The lowest BCUT2D eigenvalue weighted by molar-refractivity contribution is 0.948. The molecule has 0 aliphatic rings. The Morgan fingerprint density at radius 2 is 1.47 bits per heavy atom. The van der Waals surface area contributed by atoms with Gasteiger partial charge in [-0.15, -0.1) is 0 Å². The highest BCUT2D eigenvalue weighted by atomic mass is 14.0. The third-order valence-corrected chi connectivity index (χ3v) is 2.86. The predicted molar refractivity (Wildman–Crippen MR) is 74.9 cm³/mol. The number of hydrogen-bond acceptors (Lipinski definition) is 0. The molecule has 0 radical (unpaired) electrons. The van der Waals surface area contributed by atoms with Gasteiger partial charge < -0.3 is 0 Å². The fourth-order valence-electron chi connectivity index (χ4n) is 1.89. The smallest absolute Gasteiger partial charge is 0.0241 e. The van der Waals surface area contributed by atoms with Crippen molar-refractivity contribution in [3.05, 3.63) is 77.4 Å². The van der Waals surface area contributed by atoms with Gasteiger partial charge in [0.1, 0.15) is 0 Å². The van der Waals surface area contributed by atoms with Crippen LogP contribution >= 0.6 is 0 Å². The molecule has 2 aromatic rings. The van der Waals surface area contributed by atoms with Gasteiger partial charge in [-0.1, -0.05) is 72.3 Å². The summed E-state index contributed by atoms with van der Waals surface area (Å²) in [6, 6.07) is 21.2. The van der Waals surface area contributed by atoms with E-state index in [1.807, 2.05) is 0 Å². The van der Waals surface area contributed by atoms with Crippen molar-refractivity contribution >= 4 is 6.08 Å². The van der Waals surface area contributed by atoms with Gasteiger partial charge in [-0.3, -0.25) is 0 Å². The zero-order valence-electron chi connectivity index (χ0n) is 10.3. The van der Waals surface area contributed by atoms with Gasteiger partial charge in [0, 0.05) is 0 Å². The van der Waals surface area contributed by atoms with Crippen molar-refractivity contribution in [2.75, 3.05) is 0 Å². The number of allylic oxidation sites excluding steroid dienone is 1. The second kappa shape index (κ2) is 6.05. The van der Waals surface area contributed by atoms with E-state index in [1.54, 1.807) is 0 Å². The summed E-state index contributed by atoms with van der Waals surface area (Å²) in [7, 11) is 0. The van der Waals surface area contributed by atoms with Crippen LogP contribution in [-0.4, -0.2) is 0 Å². The second-order valence-electron chi connectivity index (χ2n) is 4.39. The molecule has 0 aliphatic heterocycles. The van der Waals surface area contributed by atoms with E-state index in [4.69, 9.17) is 0 Å². The van der Waals surface area contributed by atoms with E-state index in [1.165, 1.54) is 16.7 Å². The number of benzene rings is 2. The van der Waals surface area contributed by atoms with Crippen LogP contribution in [0.4, 0.5) is 0 Å². The maximum atomic E-state index is 2.27. The fourth-order valence-corrected chi connectivity index (χ4v) is 1.89. The van der Waals surface area contributed by atoms with Gasteiger partial charge in [0.05, 0.1) is 0 Å². The maximum absolute atomic E-state index is 2.27. The van der Waals surface area contributed by atoms with Crippen molar-refractivity contribution in [3.8, 4) is 0 Å². The molecule has 0 atom stereocenters. The highest BCUT2D eigenvalue weighted by molar-refractivity contribution is 5.52. The third-order valence-electron chi connectivity index (χ3n) is 2.86. The Morgan fingerprint density at radius 3 is 2.12 bits per heavy atom. The average molecular weight is 222 g/mol. The third kappa shape index (κ3) is 3.92. The summed E-state index contributed by atoms with van der Waals surface area (Å²) < 4.78 is 0. The van der Waals surface area contributed by atoms with E-state index in [2.05, 4.69) is 73.7 Å². The van der Waals surface area contributed by atoms with Gasteiger partial charge in [-0.25, -0.2) is 0 Å². The maximum Gasteiger partial charge on any atom is -0.0241 e. The molecule has 86 valence electrons. The molecule has 2 rings (SSSR count). The van der Waals surface area contributed by atoms with E-state index in [0.717, 1.165) is 12.8 Å². The number of hydrogen-bond donors (Lipinski definition) is 0. The Kier molecular flexibility index (Phi) is 4.15. The first-order valence-electron chi connectivity index (χ1n) is 6.11. The van der Waals surface area contributed by atoms with Gasteiger partial charge >= 0.3 is 0 Å². The first-order valence-corrected chi connectivity index (χ1v) is 6.11. The van der Waals surface area contributed by atoms with Gasteiger partial charge in [-0.05, 0) is 30.9 Å². The molecular formula is C17H18. The zero-order valence-corrected chi connectivity index (χ0v) is 10.3. The fraction of sp³-hybridized carbons (Fsp3) is 0.176. The van der Waals surface area contributed by atoms with Crippen LogP contribution in [0.2, 0.25) is 0 Å². The van der Waals surface area contributed by atoms with Gasteiger partial charge in [0.15, 0.2) is 0 Å². The van der Waals surface area contributed by atoms with Crippen LogP contribution in [0.25, 0.3) is 6.08 Å². The molecule has 0 heterocycles. The van der Waals surface area contributed by atoms with Crippen LogP contribution in [0.15, 0.2) is 66.2 Å². The van der Waals surface area contributed by atoms with Crippen LogP contribution in [0.1, 0.15) is 24.5 Å². The standard InChI is InChI=1S/C17H18/c1-15(14-17-10-6-3-7-11-17)12-13-16-8-4-2-5-9-16/h2-11,14H,12-13H2,1H3. The van der Waals surface area contributed by atoms with E-state index in [9.17, 15) is 0 Å². The van der Waals surface area contributed by atoms with Crippen molar-refractivity contribution in [3.63, 3.8) is 0 Å². The molecule has 0 saturated heterocycles. The van der Waals surface area contributed by atoms with Crippen LogP contribution in [0.3, 0.4) is 0 Å². The molecule has 0 nitrogen and oxygen atoms in total. The van der Waals surface area contributed by atoms with Crippen LogP contribution < -0.4 is 0 Å². The van der Waals surface area contributed by atoms with Gasteiger partial charge in [0.2, 0.25) is 0 Å². The van der Waals surface area contributed by atoms with E-state index < -0.39 is 0 Å². The minimum Gasteiger partial charge on any atom is -0.0724 e. The molecule has 0 bridgehead atoms. The zero-order chi connectivity index (χ0) is 11.9. The summed E-state index contributed by atoms with van der Waals surface area (Å²) >= 11 is 0. The lowest BCUT2D eigenvalue weighted by Crippen LogP contribution is -1.86. The van der Waals surface area contributed by atoms with Crippen LogP contribution in [0.5, 0.6) is 0 Å². The number of aryl methyl sites for hydroxylation is 1. The quantitative estimate of drug-likeness (QED) is 0.702. The van der Waals surface area contributed by atoms with Crippen molar-refractivity contribution < 1.29 is 0 Å². The molecule has 0 amide bonds. The molecule has 0 spiro atoms. The summed E-state index contributed by atoms with van der Waals surface area (Å²) in [5, 5.41) is 0. The Balaban J connectivity index is 1.94. The molecule has 2 aromatic carbocycles. The summed E-state index contributed by atoms with van der Waals surface area (Å²) in [6.07, 6.45) is 4.51. The molecule has 0 heteroatoms. The van der Waals surface area contributed by atoms with Crippen molar-refractivity contribution in [1.82, 2.24) is 0 Å². The molecular weight excluding hydrogens is 204 g/mol. The minimum absolute atomic E-state index is 1.12. The van der Waals surface area contributed by atoms with Crippen LogP contribution in [0, 0.1) is 0 Å². The summed E-state index contributed by atoms with van der Waals surface area (Å²) in [6.45, 7) is 2.20. The van der Waals surface area contributed by atoms with Crippen LogP contribution in [-0.2, 0) is 6.42 Å². The Hall–Kier alpha value is -1.82. The topological polar surface area (TPSA) is 0 Å². The normalized spacial score (nSPS) is 11.5. The minimum atomic E-state index is 1.12. The van der Waals surface area contributed by atoms with Crippen molar-refractivity contribution in [2.24, 2.45) is 0 Å². The SMILES string of the molecule is CC(=Cc1ccccc1)CCc1ccccc1. The lowest BCUT2D eigenvalue weighted by atomic mass is 10.0. The summed E-state index contributed by atoms with van der Waals surface area (Å²) in [5.74, 6) is 0. The Morgan fingerprint density at radius 1 is 0.882 bits per heavy atom. The van der Waals surface area contributed by atoms with E-state index in [-0.39, 0.29) is 0 Å². The summed E-state index contributed by atoms with van der Waals surface area (Å²) in [4.78, 5) is 0. The second-order valence-corrected chi connectivity index (χ2v) is 4.39. The summed E-state index contributed by atoms with van der Waals surface area (Å²) in [5.41, 5.74) is 4.13. The average Bonchev–Trinajstić information content (AvgIpc) is 2.39. The Labute approximate surface area is 104 Å². The van der Waals surface area contributed by atoms with Gasteiger partial charge in [-0.2, -0.15) is 0 Å². The molecule has 0 aromatic heterocycles. The Bertz CT molecular complexity index is 466.